The summed E-state index contributed by atoms with van der Waals surface area (Å²) in [6.45, 7) is 4.46. The highest BCUT2D eigenvalue weighted by molar-refractivity contribution is 5.86. The van der Waals surface area contributed by atoms with Crippen molar-refractivity contribution in [2.75, 3.05) is 13.1 Å². The van der Waals surface area contributed by atoms with Crippen molar-refractivity contribution >= 4 is 16.7 Å². The van der Waals surface area contributed by atoms with E-state index in [4.69, 9.17) is 0 Å². The first-order valence-corrected chi connectivity index (χ1v) is 6.74. The van der Waals surface area contributed by atoms with Crippen molar-refractivity contribution < 1.29 is 4.79 Å². The van der Waals surface area contributed by atoms with Crippen LogP contribution in [-0.4, -0.2) is 29.9 Å². The molecule has 0 aromatic heterocycles. The van der Waals surface area contributed by atoms with Gasteiger partial charge in [-0.2, -0.15) is 0 Å². The Kier molecular flexibility index (Phi) is 3.22. The first kappa shape index (κ1) is 12.2. The minimum absolute atomic E-state index is 0.0484. The number of nitrogens with zero attached hydrogens (tertiary/aromatic N) is 1. The van der Waals surface area contributed by atoms with Crippen molar-refractivity contribution in [1.82, 2.24) is 10.2 Å². The van der Waals surface area contributed by atoms with Crippen LogP contribution in [0.4, 0.5) is 0 Å². The number of rotatable bonds is 2. The van der Waals surface area contributed by atoms with Gasteiger partial charge in [0.25, 0.3) is 0 Å². The normalized spacial score (nSPS) is 20.5. The molecular formula is C16H18N2O. The maximum Gasteiger partial charge on any atom is 0.237 e. The molecule has 1 unspecified atom stereocenters. The van der Waals surface area contributed by atoms with Gasteiger partial charge in [-0.15, -0.1) is 0 Å². The molecule has 1 fully saturated rings. The lowest BCUT2D eigenvalue weighted by atomic mass is 10.0. The fourth-order valence-corrected chi connectivity index (χ4v) is 2.70. The van der Waals surface area contributed by atoms with Crippen LogP contribution < -0.4 is 5.32 Å². The number of nitrogens with one attached hydrogen (secondary N) is 1. The van der Waals surface area contributed by atoms with E-state index in [1.165, 1.54) is 16.3 Å². The standard InChI is InChI=1S/C16H18N2O/c1-12-16(19)17-9-10-18(12)11-14-7-4-6-13-5-2-3-8-15(13)14/h2-8,12H,9-11H2,1H3,(H,17,19). The van der Waals surface area contributed by atoms with Gasteiger partial charge in [0.1, 0.15) is 0 Å². The van der Waals surface area contributed by atoms with Crippen molar-refractivity contribution in [2.24, 2.45) is 0 Å². The highest BCUT2D eigenvalue weighted by atomic mass is 16.2. The Bertz CT molecular complexity index is 603. The van der Waals surface area contributed by atoms with Crippen molar-refractivity contribution in [3.8, 4) is 0 Å². The second kappa shape index (κ2) is 5.02. The fraction of sp³-hybridized carbons (Fsp3) is 0.312. The van der Waals surface area contributed by atoms with Gasteiger partial charge in [0.15, 0.2) is 0 Å². The molecule has 3 heteroatoms. The van der Waals surface area contributed by atoms with E-state index in [1.54, 1.807) is 0 Å². The molecule has 2 aromatic rings. The van der Waals surface area contributed by atoms with Crippen LogP contribution in [0, 0.1) is 0 Å². The monoisotopic (exact) mass is 254 g/mol. The molecule has 1 N–H and O–H groups in total. The van der Waals surface area contributed by atoms with E-state index in [2.05, 4.69) is 52.7 Å². The summed E-state index contributed by atoms with van der Waals surface area (Å²) in [5, 5.41) is 5.44. The molecule has 1 saturated heterocycles. The third kappa shape index (κ3) is 2.34. The van der Waals surface area contributed by atoms with Crippen LogP contribution in [0.3, 0.4) is 0 Å². The van der Waals surface area contributed by atoms with E-state index in [-0.39, 0.29) is 11.9 Å². The number of carbonyl (C=O) groups excluding carboxylic acids is 1. The third-order valence-electron chi connectivity index (χ3n) is 3.88. The number of amides is 1. The number of piperazine rings is 1. The lowest BCUT2D eigenvalue weighted by molar-refractivity contribution is -0.128. The predicted molar refractivity (Wildman–Crippen MR) is 76.8 cm³/mol. The average molecular weight is 254 g/mol. The van der Waals surface area contributed by atoms with Crippen LogP contribution in [0.25, 0.3) is 10.8 Å². The quantitative estimate of drug-likeness (QED) is 0.890. The van der Waals surface area contributed by atoms with Crippen molar-refractivity contribution in [1.29, 1.82) is 0 Å². The zero-order valence-corrected chi connectivity index (χ0v) is 11.1. The molecule has 0 bridgehead atoms. The molecule has 2 aromatic carbocycles. The smallest absolute Gasteiger partial charge is 0.237 e. The second-order valence-electron chi connectivity index (χ2n) is 5.08. The minimum atomic E-state index is -0.0484. The largest absolute Gasteiger partial charge is 0.353 e. The Hall–Kier alpha value is -1.87. The molecule has 3 nitrogen and oxygen atoms in total. The number of hydrogen-bond donors (Lipinski definition) is 1. The van der Waals surface area contributed by atoms with E-state index in [9.17, 15) is 4.79 Å². The van der Waals surface area contributed by atoms with Gasteiger partial charge in [-0.05, 0) is 23.3 Å². The van der Waals surface area contributed by atoms with Crippen molar-refractivity contribution in [2.45, 2.75) is 19.5 Å². The van der Waals surface area contributed by atoms with E-state index < -0.39 is 0 Å². The van der Waals surface area contributed by atoms with Crippen molar-refractivity contribution in [3.05, 3.63) is 48.0 Å². The molecule has 3 rings (SSSR count). The maximum absolute atomic E-state index is 11.7. The fourth-order valence-electron chi connectivity index (χ4n) is 2.70. The molecule has 0 saturated carbocycles. The molecule has 0 spiro atoms. The minimum Gasteiger partial charge on any atom is -0.353 e. The van der Waals surface area contributed by atoms with Gasteiger partial charge in [-0.1, -0.05) is 42.5 Å². The van der Waals surface area contributed by atoms with Gasteiger partial charge in [0.2, 0.25) is 5.91 Å². The summed E-state index contributed by atoms with van der Waals surface area (Å²) in [7, 11) is 0. The van der Waals surface area contributed by atoms with Crippen LogP contribution in [0.5, 0.6) is 0 Å². The predicted octanol–water partition coefficient (Wildman–Crippen LogP) is 2.16. The van der Waals surface area contributed by atoms with Gasteiger partial charge in [0, 0.05) is 19.6 Å². The van der Waals surface area contributed by atoms with E-state index in [0.717, 1.165) is 19.6 Å². The Morgan fingerprint density at radius 2 is 2.00 bits per heavy atom. The first-order valence-electron chi connectivity index (χ1n) is 6.74. The third-order valence-corrected chi connectivity index (χ3v) is 3.88. The lowest BCUT2D eigenvalue weighted by Gasteiger charge is -2.33. The number of carbonyl (C=O) groups is 1. The summed E-state index contributed by atoms with van der Waals surface area (Å²) in [6, 6.07) is 14.7. The molecule has 1 aliphatic heterocycles. The van der Waals surface area contributed by atoms with Gasteiger partial charge in [-0.25, -0.2) is 0 Å². The highest BCUT2D eigenvalue weighted by Gasteiger charge is 2.25. The average Bonchev–Trinajstić information content (AvgIpc) is 2.44. The van der Waals surface area contributed by atoms with Crippen LogP contribution in [0.15, 0.2) is 42.5 Å². The van der Waals surface area contributed by atoms with Crippen LogP contribution in [0.2, 0.25) is 0 Å². The van der Waals surface area contributed by atoms with Gasteiger partial charge in [0.05, 0.1) is 6.04 Å². The number of hydrogen-bond acceptors (Lipinski definition) is 2. The Balaban J connectivity index is 1.91. The number of benzene rings is 2. The Labute approximate surface area is 113 Å². The van der Waals surface area contributed by atoms with E-state index in [1.807, 2.05) is 6.92 Å². The van der Waals surface area contributed by atoms with E-state index in [0.29, 0.717) is 0 Å². The Morgan fingerprint density at radius 3 is 2.89 bits per heavy atom. The SMILES string of the molecule is CC1C(=O)NCCN1Cc1cccc2ccccc12. The molecule has 98 valence electrons. The lowest BCUT2D eigenvalue weighted by Crippen LogP contribution is -2.53. The Morgan fingerprint density at radius 1 is 1.21 bits per heavy atom. The van der Waals surface area contributed by atoms with Gasteiger partial charge < -0.3 is 5.32 Å². The zero-order valence-electron chi connectivity index (χ0n) is 11.1. The van der Waals surface area contributed by atoms with Crippen LogP contribution in [-0.2, 0) is 11.3 Å². The second-order valence-corrected chi connectivity index (χ2v) is 5.08. The van der Waals surface area contributed by atoms with E-state index >= 15 is 0 Å². The molecule has 0 aliphatic carbocycles. The molecule has 1 aliphatic rings. The van der Waals surface area contributed by atoms with Gasteiger partial charge >= 0.3 is 0 Å². The highest BCUT2D eigenvalue weighted by Crippen LogP contribution is 2.21. The topological polar surface area (TPSA) is 32.3 Å². The molecule has 0 radical (unpaired) electrons. The summed E-state index contributed by atoms with van der Waals surface area (Å²) in [5.41, 5.74) is 1.29. The van der Waals surface area contributed by atoms with Crippen LogP contribution in [0.1, 0.15) is 12.5 Å². The summed E-state index contributed by atoms with van der Waals surface area (Å²) in [4.78, 5) is 13.9. The summed E-state index contributed by atoms with van der Waals surface area (Å²) < 4.78 is 0. The molecule has 1 heterocycles. The first-order chi connectivity index (χ1) is 9.25. The zero-order chi connectivity index (χ0) is 13.2. The summed E-state index contributed by atoms with van der Waals surface area (Å²) in [5.74, 6) is 0.131. The van der Waals surface area contributed by atoms with Crippen LogP contribution >= 0.6 is 0 Å². The number of fused-ring (bicyclic) bond motifs is 1. The van der Waals surface area contributed by atoms with Gasteiger partial charge in [-0.3, -0.25) is 9.69 Å². The summed E-state index contributed by atoms with van der Waals surface area (Å²) in [6.07, 6.45) is 0. The molecule has 1 atom stereocenters. The molecule has 19 heavy (non-hydrogen) atoms. The molecule has 1 amide bonds. The molecular weight excluding hydrogens is 236 g/mol. The maximum atomic E-state index is 11.7. The van der Waals surface area contributed by atoms with Crippen molar-refractivity contribution in [3.63, 3.8) is 0 Å². The summed E-state index contributed by atoms with van der Waals surface area (Å²) >= 11 is 0.